The van der Waals surface area contributed by atoms with Gasteiger partial charge in [0.05, 0.1) is 0 Å². The zero-order valence-electron chi connectivity index (χ0n) is 10.1. The third-order valence-electron chi connectivity index (χ3n) is 2.74. The van der Waals surface area contributed by atoms with Crippen LogP contribution in [-0.2, 0) is 15.7 Å². The van der Waals surface area contributed by atoms with Gasteiger partial charge in [0.2, 0.25) is 11.0 Å². The van der Waals surface area contributed by atoms with E-state index in [-0.39, 0.29) is 10.9 Å². The first-order valence-electron chi connectivity index (χ1n) is 5.53. The highest BCUT2D eigenvalue weighted by molar-refractivity contribution is 7.84. The molecule has 1 fully saturated rings. The third-order valence-corrected chi connectivity index (χ3v) is 4.55. The number of carbonyl (C=O) groups excluding carboxylic acids is 1. The van der Waals surface area contributed by atoms with E-state index in [4.69, 9.17) is 0 Å². The summed E-state index contributed by atoms with van der Waals surface area (Å²) in [6.07, 6.45) is -1.37. The number of cyclic esters (lactones) is 1. The largest absolute Gasteiger partial charge is 0.446 e. The minimum Gasteiger partial charge on any atom is -0.446 e. The van der Waals surface area contributed by atoms with Gasteiger partial charge in [0.15, 0.2) is 0 Å². The fraction of sp³-hybridized carbons (Fsp3) is 0.364. The summed E-state index contributed by atoms with van der Waals surface area (Å²) in [5.41, 5.74) is 0.324. The van der Waals surface area contributed by atoms with Crippen LogP contribution in [0, 0.1) is 0 Å². The zero-order valence-corrected chi connectivity index (χ0v) is 11.7. The standard InChI is InChI=1S/C11H8ClF4NO3S/c12-10(13,14)11(15,16)21(19)17-8(6-20-9(17)18)7-4-2-1-3-5-7/h1-5,8H,6H2/t8-,21-/m1/s1. The summed E-state index contributed by atoms with van der Waals surface area (Å²) in [6.45, 7) is -0.376. The molecule has 0 saturated carbocycles. The molecule has 0 aliphatic carbocycles. The number of carbonyl (C=O) groups is 1. The molecule has 1 saturated heterocycles. The van der Waals surface area contributed by atoms with Crippen LogP contribution >= 0.6 is 11.6 Å². The predicted molar refractivity (Wildman–Crippen MR) is 66.3 cm³/mol. The topological polar surface area (TPSA) is 46.6 Å². The highest BCUT2D eigenvalue weighted by Gasteiger charge is 2.64. The predicted octanol–water partition coefficient (Wildman–Crippen LogP) is 3.27. The van der Waals surface area contributed by atoms with E-state index in [1.807, 2.05) is 0 Å². The second-order valence-electron chi connectivity index (χ2n) is 4.09. The minimum absolute atomic E-state index is 0.0750. The monoisotopic (exact) mass is 345 g/mol. The Morgan fingerprint density at radius 3 is 2.33 bits per heavy atom. The van der Waals surface area contributed by atoms with Crippen LogP contribution in [0.2, 0.25) is 0 Å². The first kappa shape index (κ1) is 16.0. The van der Waals surface area contributed by atoms with E-state index in [1.165, 1.54) is 12.1 Å². The van der Waals surface area contributed by atoms with Gasteiger partial charge in [0, 0.05) is 0 Å². The van der Waals surface area contributed by atoms with Crippen LogP contribution in [0.4, 0.5) is 22.4 Å². The van der Waals surface area contributed by atoms with E-state index in [9.17, 15) is 26.6 Å². The fourth-order valence-corrected chi connectivity index (χ4v) is 2.97. The molecular formula is C11H8ClF4NO3S. The number of amides is 1. The molecule has 2 atom stereocenters. The molecule has 0 aromatic heterocycles. The zero-order chi connectivity index (χ0) is 15.8. The van der Waals surface area contributed by atoms with Gasteiger partial charge in [-0.1, -0.05) is 30.3 Å². The van der Waals surface area contributed by atoms with Gasteiger partial charge in [-0.2, -0.15) is 17.6 Å². The van der Waals surface area contributed by atoms with Gasteiger partial charge in [0.1, 0.15) is 12.6 Å². The molecule has 0 N–H and O–H groups in total. The second-order valence-corrected chi connectivity index (χ2v) is 5.97. The maximum absolute atomic E-state index is 13.4. The van der Waals surface area contributed by atoms with E-state index >= 15 is 0 Å². The van der Waals surface area contributed by atoms with Crippen molar-refractivity contribution < 1.29 is 31.3 Å². The molecule has 10 heteroatoms. The molecule has 0 radical (unpaired) electrons. The van der Waals surface area contributed by atoms with Gasteiger partial charge in [-0.15, -0.1) is 0 Å². The van der Waals surface area contributed by atoms with Gasteiger partial charge in [0.25, 0.3) is 0 Å². The highest BCUT2D eigenvalue weighted by atomic mass is 35.5. The van der Waals surface area contributed by atoms with Crippen molar-refractivity contribution in [3.05, 3.63) is 35.9 Å². The summed E-state index contributed by atoms with van der Waals surface area (Å²) in [5, 5.41) is -10.2. The molecule has 0 bridgehead atoms. The average Bonchev–Trinajstić information content (AvgIpc) is 2.79. The first-order chi connectivity index (χ1) is 9.66. The van der Waals surface area contributed by atoms with E-state index in [2.05, 4.69) is 16.3 Å². The third kappa shape index (κ3) is 2.84. The summed E-state index contributed by atoms with van der Waals surface area (Å²) in [6, 6.07) is 6.50. The number of alkyl halides is 5. The molecule has 4 nitrogen and oxygen atoms in total. The lowest BCUT2D eigenvalue weighted by molar-refractivity contribution is -0.0954. The van der Waals surface area contributed by atoms with E-state index in [0.29, 0.717) is 5.56 Å². The molecule has 1 aliphatic rings. The number of rotatable bonds is 4. The quantitative estimate of drug-likeness (QED) is 0.621. The number of hydrogen-bond acceptors (Lipinski definition) is 3. The second kappa shape index (κ2) is 5.45. The van der Waals surface area contributed by atoms with E-state index in [1.54, 1.807) is 18.2 Å². The lowest BCUT2D eigenvalue weighted by Gasteiger charge is -2.27. The molecule has 2 rings (SSSR count). The van der Waals surface area contributed by atoms with Crippen LogP contribution in [0.1, 0.15) is 11.6 Å². The highest BCUT2D eigenvalue weighted by Crippen LogP contribution is 2.44. The van der Waals surface area contributed by atoms with Crippen molar-refractivity contribution in [2.45, 2.75) is 16.7 Å². The van der Waals surface area contributed by atoms with Crippen molar-refractivity contribution >= 4 is 28.7 Å². The first-order valence-corrected chi connectivity index (χ1v) is 7.02. The van der Waals surface area contributed by atoms with Gasteiger partial charge in [-0.3, -0.25) is 0 Å². The minimum atomic E-state index is -5.12. The van der Waals surface area contributed by atoms with Gasteiger partial charge < -0.3 is 4.74 Å². The molecule has 1 heterocycles. The summed E-state index contributed by atoms with van der Waals surface area (Å²) in [4.78, 5) is 11.5. The number of benzene rings is 1. The Labute approximate surface area is 124 Å². The smallest absolute Gasteiger partial charge is 0.422 e. The summed E-state index contributed by atoms with van der Waals surface area (Å²) < 4.78 is 68.6. The van der Waals surface area contributed by atoms with E-state index < -0.39 is 33.8 Å². The Hall–Kier alpha value is -1.35. The van der Waals surface area contributed by atoms with Crippen LogP contribution < -0.4 is 0 Å². The van der Waals surface area contributed by atoms with Crippen LogP contribution in [-0.4, -0.2) is 31.9 Å². The van der Waals surface area contributed by atoms with Crippen LogP contribution in [0.25, 0.3) is 0 Å². The summed E-state index contributed by atoms with van der Waals surface area (Å²) >= 11 is 4.28. The van der Waals surface area contributed by atoms with Crippen LogP contribution in [0.3, 0.4) is 0 Å². The van der Waals surface area contributed by atoms with Crippen LogP contribution in [0.5, 0.6) is 0 Å². The Kier molecular flexibility index (Phi) is 4.16. The number of halogens is 5. The Balaban J connectivity index is 2.36. The molecule has 1 aromatic carbocycles. The fourth-order valence-electron chi connectivity index (χ4n) is 1.72. The molecule has 116 valence electrons. The number of ether oxygens (including phenoxy) is 1. The van der Waals surface area contributed by atoms with Gasteiger partial charge >= 0.3 is 16.7 Å². The van der Waals surface area contributed by atoms with Crippen molar-refractivity contribution in [3.8, 4) is 0 Å². The van der Waals surface area contributed by atoms with Crippen molar-refractivity contribution in [1.82, 2.24) is 4.31 Å². The van der Waals surface area contributed by atoms with E-state index in [0.717, 1.165) is 0 Å². The summed E-state index contributed by atoms with van der Waals surface area (Å²) in [5.74, 6) is 0. The molecule has 1 aliphatic heterocycles. The molecule has 0 unspecified atom stereocenters. The molecule has 0 spiro atoms. The number of nitrogens with zero attached hydrogens (tertiary/aromatic N) is 1. The lowest BCUT2D eigenvalue weighted by atomic mass is 10.1. The Bertz CT molecular complexity index is 566. The maximum Gasteiger partial charge on any atom is 0.422 e. The SMILES string of the molecule is O=C1OC[C@H](c2ccccc2)N1[S@](=O)C(F)(F)C(F)(F)Cl. The van der Waals surface area contributed by atoms with Crippen molar-refractivity contribution in [2.24, 2.45) is 0 Å². The van der Waals surface area contributed by atoms with Crippen molar-refractivity contribution in [1.29, 1.82) is 0 Å². The van der Waals surface area contributed by atoms with Gasteiger partial charge in [-0.25, -0.2) is 13.3 Å². The van der Waals surface area contributed by atoms with Crippen molar-refractivity contribution in [2.75, 3.05) is 6.61 Å². The maximum atomic E-state index is 13.4. The Morgan fingerprint density at radius 2 is 1.81 bits per heavy atom. The molecule has 1 amide bonds. The van der Waals surface area contributed by atoms with Gasteiger partial charge in [-0.05, 0) is 17.2 Å². The Morgan fingerprint density at radius 1 is 1.24 bits per heavy atom. The lowest BCUT2D eigenvalue weighted by Crippen LogP contribution is -2.47. The summed E-state index contributed by atoms with van der Waals surface area (Å²) in [7, 11) is -3.69. The number of hydrogen-bond donors (Lipinski definition) is 0. The molecule has 21 heavy (non-hydrogen) atoms. The van der Waals surface area contributed by atoms with Crippen LogP contribution in [0.15, 0.2) is 30.3 Å². The van der Waals surface area contributed by atoms with Crippen molar-refractivity contribution in [3.63, 3.8) is 0 Å². The normalized spacial score (nSPS) is 21.3. The average molecular weight is 346 g/mol. The molecule has 1 aromatic rings. The molecular weight excluding hydrogens is 338 g/mol.